The first-order chi connectivity index (χ1) is 11.1. The van der Waals surface area contributed by atoms with Crippen LogP contribution >= 0.6 is 11.3 Å². The standard InChI is InChI=1S/C17H24N4OS/c1-13(2)21-12-18-19-16(21)9-14-5-3-7-20(11-14)17(22)10-15-6-4-8-23-15/h4,6,8,12-14H,3,5,7,9-11H2,1-2H3. The predicted molar refractivity (Wildman–Crippen MR) is 91.4 cm³/mol. The third-order valence-corrected chi connectivity index (χ3v) is 5.33. The molecule has 1 fully saturated rings. The molecule has 6 heteroatoms. The zero-order chi connectivity index (χ0) is 16.2. The van der Waals surface area contributed by atoms with Crippen molar-refractivity contribution in [2.24, 2.45) is 5.92 Å². The Morgan fingerprint density at radius 3 is 3.09 bits per heavy atom. The van der Waals surface area contributed by atoms with Crippen LogP contribution in [0.25, 0.3) is 0 Å². The molecule has 1 saturated heterocycles. The van der Waals surface area contributed by atoms with Gasteiger partial charge in [0.15, 0.2) is 0 Å². The van der Waals surface area contributed by atoms with Crippen molar-refractivity contribution >= 4 is 17.2 Å². The average Bonchev–Trinajstić information content (AvgIpc) is 3.19. The number of likely N-dealkylation sites (tertiary alicyclic amines) is 1. The van der Waals surface area contributed by atoms with E-state index in [0.717, 1.165) is 43.1 Å². The summed E-state index contributed by atoms with van der Waals surface area (Å²) in [6, 6.07) is 4.42. The van der Waals surface area contributed by atoms with Crippen LogP contribution in [0.5, 0.6) is 0 Å². The van der Waals surface area contributed by atoms with Crippen LogP contribution in [0.15, 0.2) is 23.8 Å². The molecule has 124 valence electrons. The fourth-order valence-corrected chi connectivity index (χ4v) is 3.93. The zero-order valence-electron chi connectivity index (χ0n) is 13.8. The topological polar surface area (TPSA) is 51.0 Å². The quantitative estimate of drug-likeness (QED) is 0.846. The van der Waals surface area contributed by atoms with Gasteiger partial charge in [0.05, 0.1) is 6.42 Å². The van der Waals surface area contributed by atoms with Gasteiger partial charge in [-0.3, -0.25) is 4.79 Å². The summed E-state index contributed by atoms with van der Waals surface area (Å²) in [5, 5.41) is 10.3. The molecule has 1 atom stereocenters. The van der Waals surface area contributed by atoms with Gasteiger partial charge in [0.1, 0.15) is 12.2 Å². The van der Waals surface area contributed by atoms with E-state index in [2.05, 4.69) is 28.6 Å². The summed E-state index contributed by atoms with van der Waals surface area (Å²) in [4.78, 5) is 15.7. The molecule has 0 bridgehead atoms. The molecule has 1 unspecified atom stereocenters. The number of thiophene rings is 1. The third kappa shape index (κ3) is 3.99. The molecule has 1 aliphatic rings. The summed E-state index contributed by atoms with van der Waals surface area (Å²) in [5.41, 5.74) is 0. The van der Waals surface area contributed by atoms with E-state index in [1.54, 1.807) is 11.3 Å². The maximum Gasteiger partial charge on any atom is 0.227 e. The molecule has 1 amide bonds. The first kappa shape index (κ1) is 16.2. The second-order valence-corrected chi connectivity index (χ2v) is 7.59. The van der Waals surface area contributed by atoms with Gasteiger partial charge in [0.2, 0.25) is 5.91 Å². The summed E-state index contributed by atoms with van der Waals surface area (Å²) in [5.74, 6) is 1.78. The predicted octanol–water partition coefficient (Wildman–Crippen LogP) is 2.94. The van der Waals surface area contributed by atoms with E-state index < -0.39 is 0 Å². The van der Waals surface area contributed by atoms with Gasteiger partial charge in [-0.2, -0.15) is 0 Å². The van der Waals surface area contributed by atoms with Crippen molar-refractivity contribution < 1.29 is 4.79 Å². The van der Waals surface area contributed by atoms with E-state index in [1.165, 1.54) is 0 Å². The lowest BCUT2D eigenvalue weighted by Crippen LogP contribution is -2.41. The first-order valence-corrected chi connectivity index (χ1v) is 9.20. The Labute approximate surface area is 141 Å². The first-order valence-electron chi connectivity index (χ1n) is 8.32. The van der Waals surface area contributed by atoms with Gasteiger partial charge in [-0.05, 0) is 44.1 Å². The van der Waals surface area contributed by atoms with E-state index >= 15 is 0 Å². The van der Waals surface area contributed by atoms with Crippen molar-refractivity contribution in [3.8, 4) is 0 Å². The highest BCUT2D eigenvalue weighted by Gasteiger charge is 2.25. The van der Waals surface area contributed by atoms with Crippen LogP contribution in [0.4, 0.5) is 0 Å². The number of hydrogen-bond acceptors (Lipinski definition) is 4. The Morgan fingerprint density at radius 2 is 2.35 bits per heavy atom. The van der Waals surface area contributed by atoms with Gasteiger partial charge in [0, 0.05) is 30.4 Å². The van der Waals surface area contributed by atoms with Crippen molar-refractivity contribution in [1.29, 1.82) is 0 Å². The average molecular weight is 332 g/mol. The van der Waals surface area contributed by atoms with E-state index in [4.69, 9.17) is 0 Å². The van der Waals surface area contributed by atoms with Gasteiger partial charge in [0.25, 0.3) is 0 Å². The highest BCUT2D eigenvalue weighted by Crippen LogP contribution is 2.22. The van der Waals surface area contributed by atoms with Crippen molar-refractivity contribution in [1.82, 2.24) is 19.7 Å². The molecule has 0 N–H and O–H groups in total. The molecule has 0 spiro atoms. The molecule has 5 nitrogen and oxygen atoms in total. The van der Waals surface area contributed by atoms with Crippen molar-refractivity contribution in [2.75, 3.05) is 13.1 Å². The fraction of sp³-hybridized carbons (Fsp3) is 0.588. The maximum absolute atomic E-state index is 12.5. The Hall–Kier alpha value is -1.69. The molecule has 2 aromatic rings. The lowest BCUT2D eigenvalue weighted by atomic mass is 9.94. The molecule has 0 radical (unpaired) electrons. The Bertz CT molecular complexity index is 635. The number of carbonyl (C=O) groups excluding carboxylic acids is 1. The molecular weight excluding hydrogens is 308 g/mol. The van der Waals surface area contributed by atoms with E-state index in [0.29, 0.717) is 18.4 Å². The van der Waals surface area contributed by atoms with Crippen LogP contribution in [0, 0.1) is 5.92 Å². The van der Waals surface area contributed by atoms with Gasteiger partial charge in [-0.25, -0.2) is 0 Å². The summed E-state index contributed by atoms with van der Waals surface area (Å²) in [6.07, 6.45) is 5.49. The molecule has 3 heterocycles. The minimum atomic E-state index is 0.252. The Morgan fingerprint density at radius 1 is 1.48 bits per heavy atom. The summed E-state index contributed by atoms with van der Waals surface area (Å²) in [7, 11) is 0. The molecule has 23 heavy (non-hydrogen) atoms. The van der Waals surface area contributed by atoms with Crippen LogP contribution < -0.4 is 0 Å². The van der Waals surface area contributed by atoms with E-state index in [9.17, 15) is 4.79 Å². The summed E-state index contributed by atoms with van der Waals surface area (Å²) in [6.45, 7) is 6.02. The third-order valence-electron chi connectivity index (χ3n) is 4.45. The number of amides is 1. The van der Waals surface area contributed by atoms with Gasteiger partial charge < -0.3 is 9.47 Å². The number of hydrogen-bond donors (Lipinski definition) is 0. The number of rotatable bonds is 5. The Balaban J connectivity index is 1.59. The summed E-state index contributed by atoms with van der Waals surface area (Å²) < 4.78 is 2.13. The van der Waals surface area contributed by atoms with Crippen LogP contribution in [0.2, 0.25) is 0 Å². The van der Waals surface area contributed by atoms with Crippen molar-refractivity contribution in [3.63, 3.8) is 0 Å². The van der Waals surface area contributed by atoms with Crippen molar-refractivity contribution in [2.45, 2.75) is 45.6 Å². The molecular formula is C17H24N4OS. The second-order valence-electron chi connectivity index (χ2n) is 6.56. The second kappa shape index (κ2) is 7.25. The lowest BCUT2D eigenvalue weighted by molar-refractivity contribution is -0.132. The van der Waals surface area contributed by atoms with Crippen molar-refractivity contribution in [3.05, 3.63) is 34.5 Å². The SMILES string of the molecule is CC(C)n1cnnc1CC1CCCN(C(=O)Cc2cccs2)C1. The molecule has 3 rings (SSSR count). The van der Waals surface area contributed by atoms with E-state index in [1.807, 2.05) is 28.7 Å². The molecule has 1 aliphatic heterocycles. The molecule has 0 aromatic carbocycles. The normalized spacial score (nSPS) is 18.6. The largest absolute Gasteiger partial charge is 0.342 e. The number of piperidine rings is 1. The Kier molecular flexibility index (Phi) is 5.10. The highest BCUT2D eigenvalue weighted by atomic mass is 32.1. The molecule has 2 aromatic heterocycles. The van der Waals surface area contributed by atoms with Gasteiger partial charge >= 0.3 is 0 Å². The minimum absolute atomic E-state index is 0.252. The van der Waals surface area contributed by atoms with E-state index in [-0.39, 0.29) is 5.91 Å². The van der Waals surface area contributed by atoms with Crippen LogP contribution in [-0.2, 0) is 17.6 Å². The number of nitrogens with zero attached hydrogens (tertiary/aromatic N) is 4. The smallest absolute Gasteiger partial charge is 0.227 e. The van der Waals surface area contributed by atoms with Gasteiger partial charge in [-0.15, -0.1) is 21.5 Å². The zero-order valence-corrected chi connectivity index (χ0v) is 14.6. The lowest BCUT2D eigenvalue weighted by Gasteiger charge is -2.32. The number of aromatic nitrogens is 3. The van der Waals surface area contributed by atoms with Gasteiger partial charge in [-0.1, -0.05) is 6.07 Å². The molecule has 0 aliphatic carbocycles. The van der Waals surface area contributed by atoms with Crippen LogP contribution in [0.3, 0.4) is 0 Å². The van der Waals surface area contributed by atoms with Crippen LogP contribution in [0.1, 0.15) is 43.4 Å². The fourth-order valence-electron chi connectivity index (χ4n) is 3.23. The monoisotopic (exact) mass is 332 g/mol. The minimum Gasteiger partial charge on any atom is -0.342 e. The maximum atomic E-state index is 12.5. The molecule has 0 saturated carbocycles. The number of carbonyl (C=O) groups is 1. The van der Waals surface area contributed by atoms with Crippen LogP contribution in [-0.4, -0.2) is 38.7 Å². The highest BCUT2D eigenvalue weighted by molar-refractivity contribution is 7.10. The summed E-state index contributed by atoms with van der Waals surface area (Å²) >= 11 is 1.66.